The molecule has 0 aromatic heterocycles. The zero-order valence-corrected chi connectivity index (χ0v) is 18.4. The van der Waals surface area contributed by atoms with Crippen molar-refractivity contribution in [1.29, 1.82) is 0 Å². The van der Waals surface area contributed by atoms with E-state index < -0.39 is 5.41 Å². The van der Waals surface area contributed by atoms with E-state index in [0.29, 0.717) is 37.6 Å². The van der Waals surface area contributed by atoms with Crippen LogP contribution in [0.1, 0.15) is 30.0 Å². The highest BCUT2D eigenvalue weighted by molar-refractivity contribution is 6.30. The fourth-order valence-corrected chi connectivity index (χ4v) is 4.79. The van der Waals surface area contributed by atoms with Crippen molar-refractivity contribution in [1.82, 2.24) is 9.80 Å². The lowest BCUT2D eigenvalue weighted by molar-refractivity contribution is -0.144. The van der Waals surface area contributed by atoms with E-state index in [2.05, 4.69) is 29.0 Å². The van der Waals surface area contributed by atoms with Crippen molar-refractivity contribution in [3.05, 3.63) is 64.7 Å². The van der Waals surface area contributed by atoms with Gasteiger partial charge in [-0.25, -0.2) is 0 Å². The smallest absolute Gasteiger partial charge is 0.233 e. The highest BCUT2D eigenvalue weighted by Gasteiger charge is 2.45. The predicted molar refractivity (Wildman–Crippen MR) is 118 cm³/mol. The van der Waals surface area contributed by atoms with Crippen LogP contribution in [-0.2, 0) is 14.9 Å². The Morgan fingerprint density at radius 2 is 1.73 bits per heavy atom. The second-order valence-electron chi connectivity index (χ2n) is 8.22. The summed E-state index contributed by atoms with van der Waals surface area (Å²) in [4.78, 5) is 18.3. The van der Waals surface area contributed by atoms with E-state index in [4.69, 9.17) is 21.1 Å². The zero-order valence-electron chi connectivity index (χ0n) is 17.6. The van der Waals surface area contributed by atoms with Crippen LogP contribution in [0.5, 0.6) is 5.75 Å². The molecule has 2 aromatic rings. The van der Waals surface area contributed by atoms with Crippen LogP contribution < -0.4 is 4.74 Å². The number of rotatable bonds is 4. The van der Waals surface area contributed by atoms with Crippen molar-refractivity contribution in [2.45, 2.75) is 24.3 Å². The normalized spacial score (nSPS) is 22.0. The van der Waals surface area contributed by atoms with Gasteiger partial charge in [0.05, 0.1) is 18.6 Å². The second-order valence-corrected chi connectivity index (χ2v) is 8.66. The van der Waals surface area contributed by atoms with Crippen LogP contribution in [0.3, 0.4) is 0 Å². The molecule has 0 spiro atoms. The Hall–Kier alpha value is -2.08. The summed E-state index contributed by atoms with van der Waals surface area (Å²) in [6.45, 7) is 3.46. The van der Waals surface area contributed by atoms with Crippen molar-refractivity contribution in [2.75, 3.05) is 47.0 Å². The summed E-state index contributed by atoms with van der Waals surface area (Å²) >= 11 is 6.11. The van der Waals surface area contributed by atoms with Crippen LogP contribution >= 0.6 is 11.6 Å². The molecule has 2 aliphatic rings. The van der Waals surface area contributed by atoms with Gasteiger partial charge in [-0.1, -0.05) is 35.9 Å². The monoisotopic (exact) mass is 428 g/mol. The molecule has 2 aromatic carbocycles. The Kier molecular flexibility index (Phi) is 6.32. The number of nitrogens with zero attached hydrogens (tertiary/aromatic N) is 2. The molecule has 30 heavy (non-hydrogen) atoms. The van der Waals surface area contributed by atoms with Gasteiger partial charge in [0.25, 0.3) is 0 Å². The molecule has 5 nitrogen and oxygen atoms in total. The Bertz CT molecular complexity index is 863. The summed E-state index contributed by atoms with van der Waals surface area (Å²) in [5.74, 6) is 1.05. The van der Waals surface area contributed by atoms with E-state index in [1.807, 2.05) is 36.4 Å². The molecule has 1 atom stereocenters. The summed E-state index contributed by atoms with van der Waals surface area (Å²) in [7, 11) is 3.80. The lowest BCUT2D eigenvalue weighted by Crippen LogP contribution is -2.56. The maximum Gasteiger partial charge on any atom is 0.233 e. The number of methoxy groups -OCH3 is 1. The van der Waals surface area contributed by atoms with Crippen molar-refractivity contribution in [3.63, 3.8) is 0 Å². The van der Waals surface area contributed by atoms with Gasteiger partial charge in [0.15, 0.2) is 0 Å². The third-order valence-electron chi connectivity index (χ3n) is 6.59. The largest absolute Gasteiger partial charge is 0.497 e. The predicted octanol–water partition coefficient (Wildman–Crippen LogP) is 3.91. The molecule has 2 aliphatic heterocycles. The van der Waals surface area contributed by atoms with Gasteiger partial charge in [-0.2, -0.15) is 0 Å². The third kappa shape index (κ3) is 4.07. The van der Waals surface area contributed by atoms with Crippen LogP contribution in [-0.4, -0.2) is 62.7 Å². The van der Waals surface area contributed by atoms with Gasteiger partial charge >= 0.3 is 0 Å². The average molecular weight is 429 g/mol. The number of piperazine rings is 1. The Morgan fingerprint density at radius 3 is 2.37 bits per heavy atom. The van der Waals surface area contributed by atoms with Gasteiger partial charge in [-0.3, -0.25) is 9.69 Å². The molecule has 0 radical (unpaired) electrons. The van der Waals surface area contributed by atoms with Crippen molar-refractivity contribution >= 4 is 17.5 Å². The van der Waals surface area contributed by atoms with E-state index in [9.17, 15) is 4.79 Å². The minimum absolute atomic E-state index is 0.163. The molecule has 4 rings (SSSR count). The van der Waals surface area contributed by atoms with Gasteiger partial charge in [0.1, 0.15) is 5.75 Å². The number of amides is 1. The zero-order chi connectivity index (χ0) is 21.1. The number of carbonyl (C=O) groups excluding carboxylic acids is 1. The van der Waals surface area contributed by atoms with Crippen LogP contribution in [0, 0.1) is 0 Å². The van der Waals surface area contributed by atoms with Gasteiger partial charge in [0.2, 0.25) is 5.91 Å². The number of hydrogen-bond acceptors (Lipinski definition) is 4. The quantitative estimate of drug-likeness (QED) is 0.740. The number of ether oxygens (including phenoxy) is 2. The van der Waals surface area contributed by atoms with E-state index >= 15 is 0 Å². The van der Waals surface area contributed by atoms with Gasteiger partial charge in [-0.15, -0.1) is 0 Å². The molecule has 1 amide bonds. The molecule has 0 aliphatic carbocycles. The molecule has 160 valence electrons. The second kappa shape index (κ2) is 8.96. The summed E-state index contributed by atoms with van der Waals surface area (Å²) in [5.41, 5.74) is 1.70. The molecular weight excluding hydrogens is 400 g/mol. The minimum atomic E-state index is -0.538. The first-order chi connectivity index (χ1) is 14.5. The molecule has 2 heterocycles. The maximum atomic E-state index is 13.9. The lowest BCUT2D eigenvalue weighted by atomic mass is 9.72. The molecular formula is C24H29ClN2O3. The molecule has 0 N–H and O–H groups in total. The topological polar surface area (TPSA) is 42.0 Å². The third-order valence-corrected chi connectivity index (χ3v) is 6.84. The lowest BCUT2D eigenvalue weighted by Gasteiger charge is -2.45. The minimum Gasteiger partial charge on any atom is -0.497 e. The van der Waals surface area contributed by atoms with Crippen molar-refractivity contribution in [3.8, 4) is 5.75 Å². The SMILES string of the molecule is COc1ccc([C@@H]2CN(C(=O)C3(c4ccc(Cl)cc4)CCOCC3)CCN2C)cc1. The van der Waals surface area contributed by atoms with Crippen LogP contribution in [0.4, 0.5) is 0 Å². The van der Waals surface area contributed by atoms with Gasteiger partial charge in [-0.05, 0) is 55.3 Å². The van der Waals surface area contributed by atoms with E-state index in [-0.39, 0.29) is 11.9 Å². The number of likely N-dealkylation sites (N-methyl/N-ethyl adjacent to an activating group) is 1. The molecule has 2 fully saturated rings. The summed E-state index contributed by atoms with van der Waals surface area (Å²) < 4.78 is 10.9. The Morgan fingerprint density at radius 1 is 1.07 bits per heavy atom. The number of halogens is 1. The van der Waals surface area contributed by atoms with Crippen LogP contribution in [0.15, 0.2) is 48.5 Å². The molecule has 0 saturated carbocycles. The fourth-order valence-electron chi connectivity index (χ4n) is 4.66. The van der Waals surface area contributed by atoms with E-state index in [1.54, 1.807) is 7.11 Å². The standard InChI is InChI=1S/C24H29ClN2O3/c1-26-13-14-27(17-22(26)18-3-9-21(29-2)10-4-18)23(28)24(11-15-30-16-12-24)19-5-7-20(25)8-6-19/h3-10,22H,11-17H2,1-2H3/t22-/m0/s1. The number of benzene rings is 2. The molecule has 0 unspecified atom stereocenters. The summed E-state index contributed by atoms with van der Waals surface area (Å²) in [6.07, 6.45) is 1.40. The highest BCUT2D eigenvalue weighted by Crippen LogP contribution is 2.38. The van der Waals surface area contributed by atoms with Crippen LogP contribution in [0.2, 0.25) is 5.02 Å². The first kappa shape index (κ1) is 21.2. The summed E-state index contributed by atoms with van der Waals surface area (Å²) in [5, 5.41) is 0.688. The number of carbonyl (C=O) groups is 1. The highest BCUT2D eigenvalue weighted by atomic mass is 35.5. The Balaban J connectivity index is 1.60. The van der Waals surface area contributed by atoms with E-state index in [1.165, 1.54) is 5.56 Å². The number of hydrogen-bond donors (Lipinski definition) is 0. The van der Waals surface area contributed by atoms with Crippen molar-refractivity contribution < 1.29 is 14.3 Å². The van der Waals surface area contributed by atoms with Gasteiger partial charge in [0, 0.05) is 37.9 Å². The molecule has 6 heteroatoms. The first-order valence-electron chi connectivity index (χ1n) is 10.5. The molecule has 0 bridgehead atoms. The Labute approximate surface area is 183 Å². The van der Waals surface area contributed by atoms with Crippen LogP contribution in [0.25, 0.3) is 0 Å². The maximum absolute atomic E-state index is 13.9. The summed E-state index contributed by atoms with van der Waals surface area (Å²) in [6, 6.07) is 16.1. The fraction of sp³-hybridized carbons (Fsp3) is 0.458. The van der Waals surface area contributed by atoms with E-state index in [0.717, 1.165) is 24.4 Å². The molecule has 2 saturated heterocycles. The average Bonchev–Trinajstić information content (AvgIpc) is 2.80. The van der Waals surface area contributed by atoms with Gasteiger partial charge < -0.3 is 14.4 Å². The first-order valence-corrected chi connectivity index (χ1v) is 10.9. The van der Waals surface area contributed by atoms with Crippen molar-refractivity contribution in [2.24, 2.45) is 0 Å².